The van der Waals surface area contributed by atoms with Crippen LogP contribution in [0.15, 0.2) is 0 Å². The van der Waals surface area contributed by atoms with Crippen LogP contribution in [-0.4, -0.2) is 64.6 Å². The average Bonchev–Trinajstić information content (AvgIpc) is 2.43. The third-order valence-electron chi connectivity index (χ3n) is 3.70. The Labute approximate surface area is 119 Å². The lowest BCUT2D eigenvalue weighted by Crippen LogP contribution is -2.50. The van der Waals surface area contributed by atoms with E-state index in [9.17, 15) is 0 Å². The minimum absolute atomic E-state index is 0.564. The predicted molar refractivity (Wildman–Crippen MR) is 81.8 cm³/mol. The van der Waals surface area contributed by atoms with Gasteiger partial charge >= 0.3 is 0 Å². The van der Waals surface area contributed by atoms with Gasteiger partial charge in [-0.1, -0.05) is 20.3 Å². The summed E-state index contributed by atoms with van der Waals surface area (Å²) in [6.45, 7) is 8.24. The lowest BCUT2D eigenvalue weighted by molar-refractivity contribution is 0.0878. The van der Waals surface area contributed by atoms with Gasteiger partial charge in [-0.2, -0.15) is 0 Å². The Morgan fingerprint density at radius 2 is 1.74 bits per heavy atom. The van der Waals surface area contributed by atoms with E-state index in [1.54, 1.807) is 14.2 Å². The first kappa shape index (κ1) is 18.8. The van der Waals surface area contributed by atoms with Gasteiger partial charge in [-0.3, -0.25) is 4.90 Å². The molecule has 4 heteroatoms. The molecule has 116 valence electrons. The molecule has 2 atom stereocenters. The van der Waals surface area contributed by atoms with Gasteiger partial charge in [-0.25, -0.2) is 0 Å². The second kappa shape index (κ2) is 12.9. The van der Waals surface area contributed by atoms with Crippen LogP contribution in [0.3, 0.4) is 0 Å². The standard InChI is InChI=1S/C15H34N2O2/c1-6-9-14(16-3)15(7-2)17(11-13-19-5)10-8-12-18-4/h14-16H,6-13H2,1-5H3. The van der Waals surface area contributed by atoms with E-state index in [0.717, 1.165) is 32.7 Å². The summed E-state index contributed by atoms with van der Waals surface area (Å²) in [6.07, 6.45) is 4.70. The fraction of sp³-hybridized carbons (Fsp3) is 1.00. The number of methoxy groups -OCH3 is 2. The minimum atomic E-state index is 0.564. The molecule has 0 amide bonds. The van der Waals surface area contributed by atoms with Gasteiger partial charge in [0.15, 0.2) is 0 Å². The maximum absolute atomic E-state index is 5.25. The quantitative estimate of drug-likeness (QED) is 0.522. The van der Waals surface area contributed by atoms with Gasteiger partial charge in [-0.15, -0.1) is 0 Å². The lowest BCUT2D eigenvalue weighted by Gasteiger charge is -2.36. The van der Waals surface area contributed by atoms with Crippen LogP contribution < -0.4 is 5.32 Å². The molecule has 2 unspecified atom stereocenters. The van der Waals surface area contributed by atoms with Crippen molar-refractivity contribution >= 4 is 0 Å². The number of nitrogens with one attached hydrogen (secondary N) is 1. The van der Waals surface area contributed by atoms with Crippen LogP contribution in [0.5, 0.6) is 0 Å². The maximum Gasteiger partial charge on any atom is 0.0589 e. The highest BCUT2D eigenvalue weighted by Gasteiger charge is 2.23. The summed E-state index contributed by atoms with van der Waals surface area (Å²) in [5.41, 5.74) is 0. The van der Waals surface area contributed by atoms with E-state index < -0.39 is 0 Å². The Hall–Kier alpha value is -0.160. The smallest absolute Gasteiger partial charge is 0.0589 e. The SMILES string of the molecule is CCCC(NC)C(CC)N(CCCOC)CCOC. The predicted octanol–water partition coefficient (Wildman–Crippen LogP) is 2.14. The molecule has 0 aliphatic heterocycles. The Morgan fingerprint density at radius 1 is 1.05 bits per heavy atom. The van der Waals surface area contributed by atoms with Crippen molar-refractivity contribution in [1.29, 1.82) is 0 Å². The van der Waals surface area contributed by atoms with Crippen LogP contribution >= 0.6 is 0 Å². The summed E-state index contributed by atoms with van der Waals surface area (Å²) >= 11 is 0. The second-order valence-electron chi connectivity index (χ2n) is 5.03. The fourth-order valence-electron chi connectivity index (χ4n) is 2.70. The van der Waals surface area contributed by atoms with E-state index in [1.165, 1.54) is 19.3 Å². The van der Waals surface area contributed by atoms with Crippen molar-refractivity contribution in [2.45, 2.75) is 51.6 Å². The Kier molecular flexibility index (Phi) is 12.7. The summed E-state index contributed by atoms with van der Waals surface area (Å²) in [7, 11) is 5.62. The molecule has 0 saturated heterocycles. The maximum atomic E-state index is 5.25. The third kappa shape index (κ3) is 7.88. The fourth-order valence-corrected chi connectivity index (χ4v) is 2.70. The summed E-state index contributed by atoms with van der Waals surface area (Å²) < 4.78 is 10.4. The molecule has 0 aromatic carbocycles. The Morgan fingerprint density at radius 3 is 2.21 bits per heavy atom. The topological polar surface area (TPSA) is 33.7 Å². The van der Waals surface area contributed by atoms with Gasteiger partial charge in [0.2, 0.25) is 0 Å². The van der Waals surface area contributed by atoms with E-state index in [1.807, 2.05) is 0 Å². The highest BCUT2D eigenvalue weighted by atomic mass is 16.5. The second-order valence-corrected chi connectivity index (χ2v) is 5.03. The Bertz CT molecular complexity index is 191. The number of hydrogen-bond donors (Lipinski definition) is 1. The number of rotatable bonds is 13. The zero-order chi connectivity index (χ0) is 14.5. The van der Waals surface area contributed by atoms with E-state index in [-0.39, 0.29) is 0 Å². The molecule has 0 fully saturated rings. The first-order valence-corrected chi connectivity index (χ1v) is 7.64. The van der Waals surface area contributed by atoms with Gasteiger partial charge in [-0.05, 0) is 26.3 Å². The molecule has 0 rings (SSSR count). The highest BCUT2D eigenvalue weighted by molar-refractivity contribution is 4.82. The Balaban J connectivity index is 4.52. The van der Waals surface area contributed by atoms with Crippen molar-refractivity contribution in [3.63, 3.8) is 0 Å². The van der Waals surface area contributed by atoms with E-state index >= 15 is 0 Å². The molecule has 0 aromatic heterocycles. The normalized spacial score (nSPS) is 14.8. The number of nitrogens with zero attached hydrogens (tertiary/aromatic N) is 1. The molecule has 0 bridgehead atoms. The summed E-state index contributed by atoms with van der Waals surface area (Å²) in [6, 6.07) is 1.14. The molecular formula is C15H34N2O2. The van der Waals surface area contributed by atoms with Crippen molar-refractivity contribution < 1.29 is 9.47 Å². The minimum Gasteiger partial charge on any atom is -0.385 e. The molecule has 0 aliphatic carbocycles. The lowest BCUT2D eigenvalue weighted by atomic mass is 9.99. The summed E-state index contributed by atoms with van der Waals surface area (Å²) in [5, 5.41) is 3.49. The van der Waals surface area contributed by atoms with Crippen LogP contribution in [0.4, 0.5) is 0 Å². The zero-order valence-corrected chi connectivity index (χ0v) is 13.6. The molecular weight excluding hydrogens is 240 g/mol. The van der Waals surface area contributed by atoms with E-state index in [0.29, 0.717) is 12.1 Å². The molecule has 0 aliphatic rings. The van der Waals surface area contributed by atoms with Crippen LogP contribution in [0.1, 0.15) is 39.5 Å². The summed E-state index contributed by atoms with van der Waals surface area (Å²) in [4.78, 5) is 2.55. The van der Waals surface area contributed by atoms with Crippen LogP contribution in [-0.2, 0) is 9.47 Å². The van der Waals surface area contributed by atoms with E-state index in [4.69, 9.17) is 9.47 Å². The van der Waals surface area contributed by atoms with Crippen LogP contribution in [0, 0.1) is 0 Å². The monoisotopic (exact) mass is 274 g/mol. The number of likely N-dealkylation sites (N-methyl/N-ethyl adjacent to an activating group) is 1. The third-order valence-corrected chi connectivity index (χ3v) is 3.70. The molecule has 0 heterocycles. The number of hydrogen-bond acceptors (Lipinski definition) is 4. The van der Waals surface area contributed by atoms with E-state index in [2.05, 4.69) is 31.1 Å². The molecule has 0 radical (unpaired) electrons. The van der Waals surface area contributed by atoms with Crippen molar-refractivity contribution in [2.75, 3.05) is 47.6 Å². The largest absolute Gasteiger partial charge is 0.385 e. The molecule has 0 spiro atoms. The van der Waals surface area contributed by atoms with Gasteiger partial charge in [0.1, 0.15) is 0 Å². The molecule has 0 aromatic rings. The van der Waals surface area contributed by atoms with Gasteiger partial charge in [0.25, 0.3) is 0 Å². The van der Waals surface area contributed by atoms with Crippen molar-refractivity contribution in [3.05, 3.63) is 0 Å². The van der Waals surface area contributed by atoms with Crippen molar-refractivity contribution in [1.82, 2.24) is 10.2 Å². The molecule has 19 heavy (non-hydrogen) atoms. The van der Waals surface area contributed by atoms with Crippen molar-refractivity contribution in [3.8, 4) is 0 Å². The van der Waals surface area contributed by atoms with Crippen LogP contribution in [0.2, 0.25) is 0 Å². The van der Waals surface area contributed by atoms with Gasteiger partial charge in [0, 0.05) is 46.0 Å². The van der Waals surface area contributed by atoms with Crippen molar-refractivity contribution in [2.24, 2.45) is 0 Å². The molecule has 4 nitrogen and oxygen atoms in total. The summed E-state index contributed by atoms with van der Waals surface area (Å²) in [5.74, 6) is 0. The average molecular weight is 274 g/mol. The zero-order valence-electron chi connectivity index (χ0n) is 13.6. The van der Waals surface area contributed by atoms with Crippen LogP contribution in [0.25, 0.3) is 0 Å². The molecule has 0 saturated carbocycles. The first-order chi connectivity index (χ1) is 9.24. The van der Waals surface area contributed by atoms with Gasteiger partial charge < -0.3 is 14.8 Å². The highest BCUT2D eigenvalue weighted by Crippen LogP contribution is 2.14. The van der Waals surface area contributed by atoms with Gasteiger partial charge in [0.05, 0.1) is 6.61 Å². The molecule has 1 N–H and O–H groups in total. The number of ether oxygens (including phenoxy) is 2. The first-order valence-electron chi connectivity index (χ1n) is 7.64.